The summed E-state index contributed by atoms with van der Waals surface area (Å²) < 4.78 is 0. The summed E-state index contributed by atoms with van der Waals surface area (Å²) in [6.07, 6.45) is 10.5. The highest BCUT2D eigenvalue weighted by atomic mass is 15.1. The number of azo groups is 1. The van der Waals surface area contributed by atoms with Gasteiger partial charge in [-0.2, -0.15) is 10.2 Å². The van der Waals surface area contributed by atoms with Crippen LogP contribution in [0.25, 0.3) is 11.3 Å². The van der Waals surface area contributed by atoms with Crippen LogP contribution in [0.5, 0.6) is 0 Å². The molecule has 4 aromatic rings. The van der Waals surface area contributed by atoms with Crippen molar-refractivity contribution in [2.45, 2.75) is 6.42 Å². The van der Waals surface area contributed by atoms with E-state index in [1.54, 1.807) is 0 Å². The topological polar surface area (TPSA) is 74.6 Å². The zero-order valence-corrected chi connectivity index (χ0v) is 21.0. The van der Waals surface area contributed by atoms with Crippen LogP contribution in [0.3, 0.4) is 0 Å². The van der Waals surface area contributed by atoms with Gasteiger partial charge in [-0.3, -0.25) is 0 Å². The minimum absolute atomic E-state index is 0.482. The number of benzene rings is 4. The summed E-state index contributed by atoms with van der Waals surface area (Å²) in [7, 11) is 0. The fraction of sp³-hybridized carbons (Fsp3) is 0.0294. The number of nitrogens with zero attached hydrogens (tertiary/aromatic N) is 2. The highest BCUT2D eigenvalue weighted by Crippen LogP contribution is 2.31. The van der Waals surface area contributed by atoms with E-state index < -0.39 is 0 Å². The monoisotopic (exact) mass is 492 g/mol. The van der Waals surface area contributed by atoms with Crippen molar-refractivity contribution in [2.75, 3.05) is 5.73 Å². The van der Waals surface area contributed by atoms with Crippen molar-refractivity contribution in [1.82, 2.24) is 0 Å². The van der Waals surface area contributed by atoms with Gasteiger partial charge < -0.3 is 11.1 Å². The van der Waals surface area contributed by atoms with Crippen LogP contribution in [0.2, 0.25) is 0 Å². The second-order valence-electron chi connectivity index (χ2n) is 8.97. The summed E-state index contributed by atoms with van der Waals surface area (Å²) in [5, 5.41) is 17.1. The lowest BCUT2D eigenvalue weighted by Gasteiger charge is -2.14. The Morgan fingerprint density at radius 2 is 1.24 bits per heavy atom. The number of nitrogen functional groups attached to an aromatic ring is 1. The van der Waals surface area contributed by atoms with E-state index in [4.69, 9.17) is 11.1 Å². The average Bonchev–Trinajstić information content (AvgIpc) is 2.97. The van der Waals surface area contributed by atoms with Crippen LogP contribution in [-0.2, 0) is 6.42 Å². The Hall–Kier alpha value is -5.09. The van der Waals surface area contributed by atoms with Crippen molar-refractivity contribution in [3.05, 3.63) is 167 Å². The van der Waals surface area contributed by atoms with Gasteiger partial charge >= 0.3 is 0 Å². The molecule has 4 heteroatoms. The predicted octanol–water partition coefficient (Wildman–Crippen LogP) is 8.58. The van der Waals surface area contributed by atoms with Gasteiger partial charge in [-0.1, -0.05) is 103 Å². The molecule has 0 aliphatic heterocycles. The van der Waals surface area contributed by atoms with Crippen LogP contribution in [-0.4, -0.2) is 5.71 Å². The molecule has 3 N–H and O–H groups in total. The molecule has 0 atom stereocenters. The van der Waals surface area contributed by atoms with Crippen LogP contribution >= 0.6 is 0 Å². The molecule has 38 heavy (non-hydrogen) atoms. The molecule has 184 valence electrons. The van der Waals surface area contributed by atoms with Crippen LogP contribution in [0, 0.1) is 5.41 Å². The lowest BCUT2D eigenvalue weighted by Crippen LogP contribution is -1.97. The maximum Gasteiger partial charge on any atom is 0.0892 e. The maximum absolute atomic E-state index is 7.87. The van der Waals surface area contributed by atoms with Crippen molar-refractivity contribution in [2.24, 2.45) is 10.2 Å². The third kappa shape index (κ3) is 6.18. The molecule has 0 radical (unpaired) electrons. The summed E-state index contributed by atoms with van der Waals surface area (Å²) in [5.41, 5.74) is 15.2. The van der Waals surface area contributed by atoms with Gasteiger partial charge in [0.2, 0.25) is 0 Å². The summed E-state index contributed by atoms with van der Waals surface area (Å²) in [6, 6.07) is 36.4. The Morgan fingerprint density at radius 3 is 1.87 bits per heavy atom. The van der Waals surface area contributed by atoms with E-state index in [2.05, 4.69) is 52.7 Å². The molecule has 4 nitrogen and oxygen atoms in total. The number of allylic oxidation sites excluding steroid dienone is 6. The Labute approximate surface area is 223 Å². The average molecular weight is 493 g/mol. The standard InChI is InChI=1S/C34H28N4/c35-30-18-12-27(13-19-30)34(28-14-20-31(36)21-15-28)29-16-22-32(23-17-29)37-38-33(26-9-5-2-6-10-26)24-11-25-7-3-1-4-8-25/h1-10,12-24,35H,11,36H2. The van der Waals surface area contributed by atoms with Crippen LogP contribution in [0.4, 0.5) is 11.4 Å². The van der Waals surface area contributed by atoms with Crippen molar-refractivity contribution < 1.29 is 0 Å². The summed E-state index contributed by atoms with van der Waals surface area (Å²) >= 11 is 0. The highest BCUT2D eigenvalue weighted by molar-refractivity contribution is 6.05. The number of nitrogens with one attached hydrogen (secondary N) is 1. The van der Waals surface area contributed by atoms with Crippen molar-refractivity contribution >= 4 is 28.4 Å². The largest absolute Gasteiger partial charge is 0.399 e. The Bertz CT molecular complexity index is 1540. The van der Waals surface area contributed by atoms with Gasteiger partial charge in [-0.15, -0.1) is 0 Å². The number of hydrogen-bond acceptors (Lipinski definition) is 4. The molecule has 1 aliphatic carbocycles. The van der Waals surface area contributed by atoms with Gasteiger partial charge in [0.1, 0.15) is 0 Å². The van der Waals surface area contributed by atoms with Crippen LogP contribution < -0.4 is 5.73 Å². The van der Waals surface area contributed by atoms with Crippen molar-refractivity contribution in [1.29, 1.82) is 5.41 Å². The van der Waals surface area contributed by atoms with E-state index >= 15 is 0 Å². The normalized spacial score (nSPS) is 13.3. The van der Waals surface area contributed by atoms with E-state index in [0.29, 0.717) is 5.71 Å². The van der Waals surface area contributed by atoms with Gasteiger partial charge in [-0.05, 0) is 70.7 Å². The zero-order chi connectivity index (χ0) is 26.2. The Kier molecular flexibility index (Phi) is 7.61. The molecule has 0 fully saturated rings. The second kappa shape index (κ2) is 11.8. The highest BCUT2D eigenvalue weighted by Gasteiger charge is 2.11. The molecule has 0 bridgehead atoms. The lowest BCUT2D eigenvalue weighted by atomic mass is 9.90. The number of hydrogen-bond donors (Lipinski definition) is 2. The van der Waals surface area contributed by atoms with E-state index in [0.717, 1.165) is 51.3 Å². The van der Waals surface area contributed by atoms with E-state index in [1.807, 2.05) is 97.1 Å². The fourth-order valence-corrected chi connectivity index (χ4v) is 4.25. The molecule has 0 spiro atoms. The molecule has 0 amide bonds. The third-order valence-corrected chi connectivity index (χ3v) is 6.25. The summed E-state index contributed by atoms with van der Waals surface area (Å²) in [6.45, 7) is 0. The van der Waals surface area contributed by atoms with Gasteiger partial charge in [0.05, 0.1) is 17.1 Å². The fourth-order valence-electron chi connectivity index (χ4n) is 4.25. The smallest absolute Gasteiger partial charge is 0.0892 e. The van der Waals surface area contributed by atoms with Gasteiger partial charge in [0.15, 0.2) is 0 Å². The Morgan fingerprint density at radius 1 is 0.658 bits per heavy atom. The number of anilines is 1. The molecule has 1 aliphatic rings. The molecule has 0 heterocycles. The van der Waals surface area contributed by atoms with Gasteiger partial charge in [0, 0.05) is 11.3 Å². The third-order valence-electron chi connectivity index (χ3n) is 6.25. The van der Waals surface area contributed by atoms with E-state index in [-0.39, 0.29) is 0 Å². The Balaban J connectivity index is 1.45. The molecule has 0 unspecified atom stereocenters. The van der Waals surface area contributed by atoms with E-state index in [9.17, 15) is 0 Å². The molecule has 0 saturated carbocycles. The van der Waals surface area contributed by atoms with Crippen LogP contribution in [0.1, 0.15) is 22.3 Å². The predicted molar refractivity (Wildman–Crippen MR) is 158 cm³/mol. The molecule has 0 aromatic heterocycles. The molecule has 0 saturated heterocycles. The first-order chi connectivity index (χ1) is 18.7. The van der Waals surface area contributed by atoms with Crippen LogP contribution in [0.15, 0.2) is 155 Å². The summed E-state index contributed by atoms with van der Waals surface area (Å²) in [5.74, 6) is 0. The summed E-state index contributed by atoms with van der Waals surface area (Å²) in [4.78, 5) is 0. The van der Waals surface area contributed by atoms with Crippen molar-refractivity contribution in [3.8, 4) is 0 Å². The number of nitrogens with two attached hydrogens (primary N) is 1. The van der Waals surface area contributed by atoms with Gasteiger partial charge in [-0.25, -0.2) is 0 Å². The first kappa shape index (κ1) is 24.6. The first-order valence-electron chi connectivity index (χ1n) is 12.5. The minimum atomic E-state index is 0.482. The van der Waals surface area contributed by atoms with Crippen molar-refractivity contribution in [3.63, 3.8) is 0 Å². The zero-order valence-electron chi connectivity index (χ0n) is 21.0. The molecular formula is C34H28N4. The molecule has 4 aromatic carbocycles. The second-order valence-corrected chi connectivity index (χ2v) is 8.97. The molecular weight excluding hydrogens is 464 g/mol. The number of rotatable bonds is 7. The lowest BCUT2D eigenvalue weighted by molar-refractivity contribution is 1.20. The quantitative estimate of drug-likeness (QED) is 0.197. The maximum atomic E-state index is 7.87. The SMILES string of the molecule is N=C1C=CC(=C(c2ccc(N)cc2)c2ccc(N=NC(=CCc3ccccc3)c3ccccc3)cc2)C=C1. The molecule has 5 rings (SSSR count). The van der Waals surface area contributed by atoms with Gasteiger partial charge in [0.25, 0.3) is 0 Å². The minimum Gasteiger partial charge on any atom is -0.399 e. The first-order valence-corrected chi connectivity index (χ1v) is 12.5. The van der Waals surface area contributed by atoms with E-state index in [1.165, 1.54) is 5.56 Å².